The average molecular weight is 657 g/mol. The summed E-state index contributed by atoms with van der Waals surface area (Å²) in [5.74, 6) is 1.32. The molecule has 5 nitrogen and oxygen atoms in total. The third-order valence-corrected chi connectivity index (χ3v) is 9.67. The highest BCUT2D eigenvalue weighted by Crippen LogP contribution is 2.42. The molecule has 226 valence electrons. The molecular weight excluding hydrogens is 633 g/mol. The van der Waals surface area contributed by atoms with Gasteiger partial charge in [-0.3, -0.25) is 8.97 Å². The lowest BCUT2D eigenvalue weighted by Gasteiger charge is -2.13. The van der Waals surface area contributed by atoms with E-state index in [0.29, 0.717) is 15.9 Å². The number of imidazole rings is 1. The van der Waals surface area contributed by atoms with Gasteiger partial charge in [0.1, 0.15) is 11.5 Å². The maximum absolute atomic E-state index is 6.47. The second kappa shape index (κ2) is 10.4. The van der Waals surface area contributed by atoms with Gasteiger partial charge in [-0.1, -0.05) is 96.0 Å². The van der Waals surface area contributed by atoms with E-state index in [-0.39, 0.29) is 0 Å². The normalized spacial score (nSPS) is 12.0. The van der Waals surface area contributed by atoms with Crippen molar-refractivity contribution in [2.24, 2.45) is 0 Å². The van der Waals surface area contributed by atoms with Crippen LogP contribution < -0.4 is 0 Å². The van der Waals surface area contributed by atoms with Crippen LogP contribution in [0.4, 0.5) is 0 Å². The van der Waals surface area contributed by atoms with Crippen LogP contribution in [0.5, 0.6) is 0 Å². The first-order valence-corrected chi connectivity index (χ1v) is 16.4. The van der Waals surface area contributed by atoms with Gasteiger partial charge in [0.15, 0.2) is 5.82 Å². The molecule has 0 fully saturated rings. The van der Waals surface area contributed by atoms with E-state index in [0.717, 1.165) is 72.0 Å². The molecule has 0 unspecified atom stereocenters. The number of para-hydroxylation sites is 4. The number of rotatable bonds is 3. The third-order valence-electron chi connectivity index (χ3n) is 9.20. The Hall–Kier alpha value is -5.75. The molecule has 0 aliphatic heterocycles. The van der Waals surface area contributed by atoms with Crippen LogP contribution in [0.2, 0.25) is 10.0 Å². The summed E-state index contributed by atoms with van der Waals surface area (Å²) in [6.07, 6.45) is 0. The topological polar surface area (TPSA) is 48.0 Å². The van der Waals surface area contributed by atoms with Crippen molar-refractivity contribution in [2.75, 3.05) is 0 Å². The van der Waals surface area contributed by atoms with Crippen LogP contribution in [0.3, 0.4) is 0 Å². The van der Waals surface area contributed by atoms with Gasteiger partial charge < -0.3 is 0 Å². The summed E-state index contributed by atoms with van der Waals surface area (Å²) >= 11 is 12.9. The first-order valence-electron chi connectivity index (χ1n) is 15.7. The molecule has 0 aliphatic rings. The maximum atomic E-state index is 6.47. The molecule has 0 N–H and O–H groups in total. The van der Waals surface area contributed by atoms with Gasteiger partial charge in [-0.25, -0.2) is 15.0 Å². The van der Waals surface area contributed by atoms with Gasteiger partial charge in [-0.2, -0.15) is 0 Å². The van der Waals surface area contributed by atoms with E-state index in [1.807, 2.05) is 60.7 Å². The van der Waals surface area contributed by atoms with Crippen molar-refractivity contribution in [3.8, 4) is 28.5 Å². The largest absolute Gasteiger partial charge is 0.294 e. The van der Waals surface area contributed by atoms with Crippen LogP contribution in [-0.4, -0.2) is 23.9 Å². The molecule has 48 heavy (non-hydrogen) atoms. The number of hydrogen-bond donors (Lipinski definition) is 0. The number of pyridine rings is 1. The van der Waals surface area contributed by atoms with E-state index >= 15 is 0 Å². The summed E-state index contributed by atoms with van der Waals surface area (Å²) in [4.78, 5) is 15.4. The van der Waals surface area contributed by atoms with Gasteiger partial charge in [0.05, 0.1) is 33.3 Å². The van der Waals surface area contributed by atoms with Crippen LogP contribution in [-0.2, 0) is 0 Å². The number of hydrogen-bond acceptors (Lipinski definition) is 3. The number of halogens is 2. The molecule has 10 rings (SSSR count). The van der Waals surface area contributed by atoms with Crippen molar-refractivity contribution in [1.29, 1.82) is 0 Å². The fourth-order valence-electron chi connectivity index (χ4n) is 7.21. The monoisotopic (exact) mass is 655 g/mol. The highest BCUT2D eigenvalue weighted by Gasteiger charge is 2.21. The molecule has 0 aliphatic carbocycles. The maximum Gasteiger partial charge on any atom is 0.162 e. The minimum Gasteiger partial charge on any atom is -0.294 e. The van der Waals surface area contributed by atoms with Gasteiger partial charge >= 0.3 is 0 Å². The van der Waals surface area contributed by atoms with Gasteiger partial charge in [0, 0.05) is 54.2 Å². The van der Waals surface area contributed by atoms with Crippen LogP contribution in [0.1, 0.15) is 0 Å². The Bertz CT molecular complexity index is 2880. The highest BCUT2D eigenvalue weighted by atomic mass is 35.5. The Morgan fingerprint density at radius 3 is 1.92 bits per heavy atom. The molecule has 4 heterocycles. The van der Waals surface area contributed by atoms with E-state index in [1.54, 1.807) is 0 Å². The number of fused-ring (bicyclic) bond motifs is 12. The fraction of sp³-hybridized carbons (Fsp3) is 0. The number of aromatic nitrogens is 5. The first-order chi connectivity index (χ1) is 23.6. The Kier molecular flexibility index (Phi) is 5.92. The number of nitrogens with zero attached hydrogens (tertiary/aromatic N) is 5. The molecule has 0 atom stereocenters. The van der Waals surface area contributed by atoms with Crippen LogP contribution in [0.15, 0.2) is 140 Å². The highest BCUT2D eigenvalue weighted by molar-refractivity contribution is 6.31. The summed E-state index contributed by atoms with van der Waals surface area (Å²) in [5, 5.41) is 6.99. The van der Waals surface area contributed by atoms with Crippen molar-refractivity contribution >= 4 is 83.4 Å². The summed E-state index contributed by atoms with van der Waals surface area (Å²) in [6.45, 7) is 0. The Labute approximate surface area is 284 Å². The molecule has 0 amide bonds. The van der Waals surface area contributed by atoms with Gasteiger partial charge in [0.25, 0.3) is 0 Å². The molecule has 10 aromatic rings. The molecule has 4 aromatic heterocycles. The molecular formula is C41H23Cl2N5. The van der Waals surface area contributed by atoms with Crippen molar-refractivity contribution in [3.05, 3.63) is 150 Å². The molecule has 0 spiro atoms. The van der Waals surface area contributed by atoms with Gasteiger partial charge in [-0.15, -0.1) is 0 Å². The molecule has 0 bridgehead atoms. The summed E-state index contributed by atoms with van der Waals surface area (Å²) < 4.78 is 4.53. The predicted molar refractivity (Wildman–Crippen MR) is 199 cm³/mol. The standard InChI is InChI=1S/C41H23Cl2N5/c42-26-11-7-9-24(21-26)32-23-37(46-40(44-32)25-10-8-12-27(43)22-25)47-33-16-4-2-14-29(33)39-36(47)20-19-30-38(39)28-13-1-5-17-34(28)48-35-18-6-3-15-31(35)45-41(30)48/h1-23H. The lowest BCUT2D eigenvalue weighted by molar-refractivity contribution is 1.05. The minimum atomic E-state index is 0.577. The summed E-state index contributed by atoms with van der Waals surface area (Å²) in [7, 11) is 0. The molecule has 0 saturated heterocycles. The molecule has 0 radical (unpaired) electrons. The SMILES string of the molecule is Clc1cccc(-c2cc(-n3c4ccccc4c4c5c6ccccc6n6c7ccccc7nc6c5ccc43)nc(-c3cccc(Cl)c3)n2)c1. The average Bonchev–Trinajstić information content (AvgIpc) is 3.68. The quantitative estimate of drug-likeness (QED) is 0.178. The molecule has 0 saturated carbocycles. The van der Waals surface area contributed by atoms with Crippen molar-refractivity contribution in [1.82, 2.24) is 23.9 Å². The second-order valence-electron chi connectivity index (χ2n) is 12.0. The van der Waals surface area contributed by atoms with Crippen molar-refractivity contribution in [3.63, 3.8) is 0 Å². The van der Waals surface area contributed by atoms with Crippen molar-refractivity contribution in [2.45, 2.75) is 0 Å². The lowest BCUT2D eigenvalue weighted by atomic mass is 10.00. The van der Waals surface area contributed by atoms with Crippen LogP contribution in [0, 0.1) is 0 Å². The Morgan fingerprint density at radius 2 is 1.12 bits per heavy atom. The fourth-order valence-corrected chi connectivity index (χ4v) is 7.59. The minimum absolute atomic E-state index is 0.577. The summed E-state index contributed by atoms with van der Waals surface area (Å²) in [6, 6.07) is 47.4. The summed E-state index contributed by atoms with van der Waals surface area (Å²) in [5.41, 5.74) is 8.72. The van der Waals surface area contributed by atoms with Gasteiger partial charge in [-0.05, 0) is 60.7 Å². The van der Waals surface area contributed by atoms with Gasteiger partial charge in [0.2, 0.25) is 0 Å². The third kappa shape index (κ3) is 4.02. The zero-order valence-corrected chi connectivity index (χ0v) is 26.8. The van der Waals surface area contributed by atoms with E-state index in [2.05, 4.69) is 87.8 Å². The first kappa shape index (κ1) is 27.4. The second-order valence-corrected chi connectivity index (χ2v) is 12.8. The molecule has 6 aromatic carbocycles. The molecule has 7 heteroatoms. The number of benzene rings is 6. The van der Waals surface area contributed by atoms with E-state index < -0.39 is 0 Å². The lowest BCUT2D eigenvalue weighted by Crippen LogP contribution is -2.02. The van der Waals surface area contributed by atoms with Crippen LogP contribution in [0.25, 0.3) is 88.6 Å². The van der Waals surface area contributed by atoms with E-state index in [4.69, 9.17) is 38.2 Å². The van der Waals surface area contributed by atoms with E-state index in [1.165, 1.54) is 10.8 Å². The van der Waals surface area contributed by atoms with Crippen LogP contribution >= 0.6 is 23.2 Å². The zero-order valence-electron chi connectivity index (χ0n) is 25.3. The Morgan fingerprint density at radius 1 is 0.458 bits per heavy atom. The predicted octanol–water partition coefficient (Wildman–Crippen LogP) is 11.3. The van der Waals surface area contributed by atoms with E-state index in [9.17, 15) is 0 Å². The Balaban J connectivity index is 1.36. The van der Waals surface area contributed by atoms with Crippen molar-refractivity contribution < 1.29 is 0 Å². The smallest absolute Gasteiger partial charge is 0.162 e. The zero-order chi connectivity index (χ0) is 31.9.